The van der Waals surface area contributed by atoms with Crippen LogP contribution in [0.2, 0.25) is 5.02 Å². The molecule has 3 aromatic rings. The summed E-state index contributed by atoms with van der Waals surface area (Å²) in [5, 5.41) is 2.80. The lowest BCUT2D eigenvalue weighted by Gasteiger charge is -2.32. The van der Waals surface area contributed by atoms with Crippen LogP contribution < -0.4 is 0 Å². The average molecular weight is 346 g/mol. The maximum Gasteiger partial charge on any atom is 0.253 e. The van der Waals surface area contributed by atoms with Gasteiger partial charge in [-0.15, -0.1) is 11.3 Å². The Hall–Kier alpha value is -1.85. The Morgan fingerprint density at radius 2 is 2.13 bits per heavy atom. The predicted molar refractivity (Wildman–Crippen MR) is 92.4 cm³/mol. The van der Waals surface area contributed by atoms with Gasteiger partial charge in [0.05, 0.1) is 0 Å². The number of hydrogen-bond acceptors (Lipinski definition) is 3. The van der Waals surface area contributed by atoms with Crippen molar-refractivity contribution in [2.24, 2.45) is 0 Å². The van der Waals surface area contributed by atoms with Crippen LogP contribution in [0.3, 0.4) is 0 Å². The Morgan fingerprint density at radius 1 is 1.30 bits per heavy atom. The monoisotopic (exact) mass is 345 g/mol. The number of likely N-dealkylation sites (tertiary alicyclic amines) is 1. The minimum absolute atomic E-state index is 0.0732. The molecule has 1 aliphatic heterocycles. The number of piperidine rings is 1. The van der Waals surface area contributed by atoms with Crippen molar-refractivity contribution in [1.82, 2.24) is 14.3 Å². The molecule has 1 saturated heterocycles. The van der Waals surface area contributed by atoms with Crippen LogP contribution in [0.25, 0.3) is 4.96 Å². The van der Waals surface area contributed by atoms with Crippen molar-refractivity contribution in [1.29, 1.82) is 0 Å². The molecule has 0 unspecified atom stereocenters. The van der Waals surface area contributed by atoms with Crippen molar-refractivity contribution < 1.29 is 4.79 Å². The Bertz CT molecular complexity index is 848. The predicted octanol–water partition coefficient (Wildman–Crippen LogP) is 4.07. The second kappa shape index (κ2) is 5.98. The van der Waals surface area contributed by atoms with E-state index in [1.54, 1.807) is 23.5 Å². The van der Waals surface area contributed by atoms with Gasteiger partial charge in [0.2, 0.25) is 0 Å². The molecule has 2 aromatic heterocycles. The standard InChI is InChI=1S/C17H16ClN3OS/c18-14-3-1-2-13(10-14)16(22)20-7-4-12(5-8-20)15-11-23-17-19-6-9-21(15)17/h1-3,6,9-12H,4-5,7-8H2. The van der Waals surface area contributed by atoms with E-state index >= 15 is 0 Å². The van der Waals surface area contributed by atoms with Crippen LogP contribution in [0.1, 0.15) is 34.8 Å². The molecule has 0 radical (unpaired) electrons. The highest BCUT2D eigenvalue weighted by Gasteiger charge is 2.26. The van der Waals surface area contributed by atoms with Crippen LogP contribution in [0.5, 0.6) is 0 Å². The lowest BCUT2D eigenvalue weighted by atomic mass is 9.93. The lowest BCUT2D eigenvalue weighted by molar-refractivity contribution is 0.0712. The number of halogens is 1. The molecule has 4 rings (SSSR count). The van der Waals surface area contributed by atoms with E-state index in [4.69, 9.17) is 11.6 Å². The lowest BCUT2D eigenvalue weighted by Crippen LogP contribution is -2.38. The minimum atomic E-state index is 0.0732. The summed E-state index contributed by atoms with van der Waals surface area (Å²) in [6.07, 6.45) is 5.82. The number of benzene rings is 1. The van der Waals surface area contributed by atoms with E-state index < -0.39 is 0 Å². The maximum absolute atomic E-state index is 12.6. The molecule has 118 valence electrons. The van der Waals surface area contributed by atoms with E-state index in [-0.39, 0.29) is 5.91 Å². The van der Waals surface area contributed by atoms with Gasteiger partial charge in [0.1, 0.15) is 0 Å². The molecular formula is C17H16ClN3OS. The van der Waals surface area contributed by atoms with Crippen molar-refractivity contribution in [2.45, 2.75) is 18.8 Å². The summed E-state index contributed by atoms with van der Waals surface area (Å²) in [5.41, 5.74) is 1.99. The van der Waals surface area contributed by atoms with Crippen LogP contribution in [-0.2, 0) is 0 Å². The van der Waals surface area contributed by atoms with Gasteiger partial charge in [-0.25, -0.2) is 4.98 Å². The number of thiazole rings is 1. The van der Waals surface area contributed by atoms with Gasteiger partial charge in [-0.2, -0.15) is 0 Å². The number of imidazole rings is 1. The number of amides is 1. The molecular weight excluding hydrogens is 330 g/mol. The van der Waals surface area contributed by atoms with Gasteiger partial charge in [-0.05, 0) is 31.0 Å². The second-order valence-electron chi connectivity index (χ2n) is 5.82. The van der Waals surface area contributed by atoms with E-state index in [2.05, 4.69) is 14.8 Å². The normalized spacial score (nSPS) is 16.1. The first-order chi connectivity index (χ1) is 11.2. The highest BCUT2D eigenvalue weighted by atomic mass is 35.5. The molecule has 1 aromatic carbocycles. The molecule has 0 N–H and O–H groups in total. The van der Waals surface area contributed by atoms with Crippen molar-refractivity contribution in [3.63, 3.8) is 0 Å². The molecule has 0 atom stereocenters. The Labute approximate surface area is 143 Å². The Kier molecular flexibility index (Phi) is 3.83. The number of hydrogen-bond donors (Lipinski definition) is 0. The van der Waals surface area contributed by atoms with Gasteiger partial charge in [-0.1, -0.05) is 17.7 Å². The number of carbonyl (C=O) groups is 1. The topological polar surface area (TPSA) is 37.6 Å². The molecule has 4 nitrogen and oxygen atoms in total. The molecule has 1 amide bonds. The average Bonchev–Trinajstić information content (AvgIpc) is 3.18. The van der Waals surface area contributed by atoms with Crippen molar-refractivity contribution in [3.05, 3.63) is 58.3 Å². The molecule has 3 heterocycles. The van der Waals surface area contributed by atoms with Crippen molar-refractivity contribution >= 4 is 33.8 Å². The van der Waals surface area contributed by atoms with Crippen LogP contribution in [0.4, 0.5) is 0 Å². The van der Waals surface area contributed by atoms with Crippen LogP contribution in [0.15, 0.2) is 42.0 Å². The van der Waals surface area contributed by atoms with Gasteiger partial charge < -0.3 is 4.90 Å². The minimum Gasteiger partial charge on any atom is -0.339 e. The van der Waals surface area contributed by atoms with Crippen LogP contribution in [0, 0.1) is 0 Å². The summed E-state index contributed by atoms with van der Waals surface area (Å²) in [7, 11) is 0. The maximum atomic E-state index is 12.6. The smallest absolute Gasteiger partial charge is 0.253 e. The van der Waals surface area contributed by atoms with Gasteiger partial charge in [0.15, 0.2) is 4.96 Å². The SMILES string of the molecule is O=C(c1cccc(Cl)c1)N1CCC(c2csc3nccn23)CC1. The zero-order valence-corrected chi connectivity index (χ0v) is 14.1. The molecule has 1 fully saturated rings. The van der Waals surface area contributed by atoms with Crippen LogP contribution >= 0.6 is 22.9 Å². The van der Waals surface area contributed by atoms with E-state index in [1.165, 1.54) is 5.69 Å². The summed E-state index contributed by atoms with van der Waals surface area (Å²) in [6, 6.07) is 7.18. The number of nitrogens with zero attached hydrogens (tertiary/aromatic N) is 3. The third-order valence-electron chi connectivity index (χ3n) is 4.44. The molecule has 23 heavy (non-hydrogen) atoms. The summed E-state index contributed by atoms with van der Waals surface area (Å²) in [6.45, 7) is 1.56. The zero-order valence-electron chi connectivity index (χ0n) is 12.5. The first-order valence-electron chi connectivity index (χ1n) is 7.67. The second-order valence-corrected chi connectivity index (χ2v) is 7.09. The molecule has 6 heteroatoms. The summed E-state index contributed by atoms with van der Waals surface area (Å²) in [5.74, 6) is 0.561. The van der Waals surface area contributed by atoms with Gasteiger partial charge in [0.25, 0.3) is 5.91 Å². The third-order valence-corrected chi connectivity index (χ3v) is 5.55. The first-order valence-corrected chi connectivity index (χ1v) is 8.93. The number of fused-ring (bicyclic) bond motifs is 1. The van der Waals surface area contributed by atoms with Gasteiger partial charge in [0, 0.05) is 53.1 Å². The largest absolute Gasteiger partial charge is 0.339 e. The highest BCUT2D eigenvalue weighted by Crippen LogP contribution is 2.31. The quantitative estimate of drug-likeness (QED) is 0.702. The first kappa shape index (κ1) is 14.7. The molecule has 0 spiro atoms. The fourth-order valence-corrected chi connectivity index (χ4v) is 4.34. The Morgan fingerprint density at radius 3 is 2.91 bits per heavy atom. The number of aromatic nitrogens is 2. The van der Waals surface area contributed by atoms with E-state index in [0.29, 0.717) is 16.5 Å². The number of carbonyl (C=O) groups excluding carboxylic acids is 1. The van der Waals surface area contributed by atoms with E-state index in [9.17, 15) is 4.79 Å². The highest BCUT2D eigenvalue weighted by molar-refractivity contribution is 7.15. The van der Waals surface area contributed by atoms with Crippen molar-refractivity contribution in [3.8, 4) is 0 Å². The summed E-state index contributed by atoms with van der Waals surface area (Å²) >= 11 is 7.66. The Balaban J connectivity index is 1.47. The molecule has 0 saturated carbocycles. The van der Waals surface area contributed by atoms with E-state index in [1.807, 2.05) is 29.4 Å². The summed E-state index contributed by atoms with van der Waals surface area (Å²) in [4.78, 5) is 19.9. The fraction of sp³-hybridized carbons (Fsp3) is 0.294. The van der Waals surface area contributed by atoms with Gasteiger partial charge >= 0.3 is 0 Å². The van der Waals surface area contributed by atoms with Crippen LogP contribution in [-0.4, -0.2) is 33.3 Å². The fourth-order valence-electron chi connectivity index (χ4n) is 3.22. The van der Waals surface area contributed by atoms with E-state index in [0.717, 1.165) is 30.9 Å². The van der Waals surface area contributed by atoms with Gasteiger partial charge in [-0.3, -0.25) is 9.20 Å². The van der Waals surface area contributed by atoms with Crippen molar-refractivity contribution in [2.75, 3.05) is 13.1 Å². The third kappa shape index (κ3) is 2.75. The zero-order chi connectivity index (χ0) is 15.8. The number of rotatable bonds is 2. The molecule has 0 aliphatic carbocycles. The molecule has 0 bridgehead atoms. The summed E-state index contributed by atoms with van der Waals surface area (Å²) < 4.78 is 2.17. The molecule has 1 aliphatic rings.